The van der Waals surface area contributed by atoms with E-state index in [0.717, 1.165) is 35.9 Å². The highest BCUT2D eigenvalue weighted by molar-refractivity contribution is 7.11. The third-order valence-electron chi connectivity index (χ3n) is 3.06. The van der Waals surface area contributed by atoms with Crippen LogP contribution in [0.3, 0.4) is 0 Å². The Morgan fingerprint density at radius 3 is 2.31 bits per heavy atom. The summed E-state index contributed by atoms with van der Waals surface area (Å²) in [5.41, 5.74) is 0. The van der Waals surface area contributed by atoms with Crippen LogP contribution in [0.5, 0.6) is 0 Å². The van der Waals surface area contributed by atoms with Crippen LogP contribution in [-0.4, -0.2) is 11.5 Å². The van der Waals surface area contributed by atoms with Gasteiger partial charge in [0.2, 0.25) is 0 Å². The van der Waals surface area contributed by atoms with Crippen LogP contribution in [0.15, 0.2) is 6.20 Å². The van der Waals surface area contributed by atoms with Gasteiger partial charge in [-0.15, -0.1) is 11.3 Å². The summed E-state index contributed by atoms with van der Waals surface area (Å²) in [6.07, 6.45) is 1.98. The molecule has 0 aliphatic carbocycles. The van der Waals surface area contributed by atoms with Crippen molar-refractivity contribution in [2.75, 3.05) is 6.54 Å². The predicted octanol–water partition coefficient (Wildman–Crippen LogP) is 3.47. The van der Waals surface area contributed by atoms with Gasteiger partial charge in [-0.25, -0.2) is 4.98 Å². The molecule has 1 rings (SSSR count). The van der Waals surface area contributed by atoms with Gasteiger partial charge in [0, 0.05) is 17.6 Å². The first-order valence-electron chi connectivity index (χ1n) is 6.12. The van der Waals surface area contributed by atoms with E-state index in [9.17, 15) is 0 Å². The molecule has 16 heavy (non-hydrogen) atoms. The highest BCUT2D eigenvalue weighted by Crippen LogP contribution is 2.19. The minimum absolute atomic E-state index is 0.746. The van der Waals surface area contributed by atoms with E-state index in [-0.39, 0.29) is 0 Å². The van der Waals surface area contributed by atoms with Gasteiger partial charge in [-0.3, -0.25) is 0 Å². The van der Waals surface area contributed by atoms with Crippen molar-refractivity contribution in [1.29, 1.82) is 0 Å². The molecule has 0 aliphatic rings. The number of rotatable bonds is 6. The fraction of sp³-hybridized carbons (Fsp3) is 0.769. The molecule has 3 heteroatoms. The topological polar surface area (TPSA) is 24.9 Å². The number of hydrogen-bond acceptors (Lipinski definition) is 3. The maximum atomic E-state index is 4.26. The lowest BCUT2D eigenvalue weighted by molar-refractivity contribution is 0.276. The van der Waals surface area contributed by atoms with Crippen molar-refractivity contribution in [3.63, 3.8) is 0 Å². The minimum atomic E-state index is 0.746. The third kappa shape index (κ3) is 4.22. The Kier molecular flexibility index (Phi) is 5.42. The second-order valence-electron chi connectivity index (χ2n) is 5.13. The van der Waals surface area contributed by atoms with Crippen LogP contribution in [0.4, 0.5) is 0 Å². The lowest BCUT2D eigenvalue weighted by atomic mass is 9.85. The van der Waals surface area contributed by atoms with E-state index in [4.69, 9.17) is 0 Å². The summed E-state index contributed by atoms with van der Waals surface area (Å²) < 4.78 is 0. The number of nitrogens with zero attached hydrogens (tertiary/aromatic N) is 1. The lowest BCUT2D eigenvalue weighted by Crippen LogP contribution is -2.29. The van der Waals surface area contributed by atoms with E-state index in [1.54, 1.807) is 11.3 Å². The molecule has 0 aromatic carbocycles. The van der Waals surface area contributed by atoms with Crippen LogP contribution in [0, 0.1) is 24.7 Å². The number of aryl methyl sites for hydroxylation is 1. The molecule has 92 valence electrons. The zero-order chi connectivity index (χ0) is 12.1. The molecule has 0 saturated carbocycles. The summed E-state index contributed by atoms with van der Waals surface area (Å²) in [7, 11) is 0. The third-order valence-corrected chi connectivity index (χ3v) is 3.97. The molecule has 0 bridgehead atoms. The SMILES string of the molecule is Cc1ncc(CNCC(C(C)C)C(C)C)s1. The van der Waals surface area contributed by atoms with E-state index < -0.39 is 0 Å². The predicted molar refractivity (Wildman–Crippen MR) is 71.7 cm³/mol. The van der Waals surface area contributed by atoms with Crippen molar-refractivity contribution in [2.45, 2.75) is 41.2 Å². The van der Waals surface area contributed by atoms with Crippen LogP contribution < -0.4 is 5.32 Å². The molecule has 0 aliphatic heterocycles. The summed E-state index contributed by atoms with van der Waals surface area (Å²) in [5.74, 6) is 2.25. The molecular weight excluding hydrogens is 216 g/mol. The molecule has 1 aromatic rings. The number of aromatic nitrogens is 1. The summed E-state index contributed by atoms with van der Waals surface area (Å²) >= 11 is 1.78. The zero-order valence-electron chi connectivity index (χ0n) is 11.1. The summed E-state index contributed by atoms with van der Waals surface area (Å²) in [5, 5.41) is 4.70. The molecule has 0 unspecified atom stereocenters. The molecule has 0 atom stereocenters. The molecule has 1 aromatic heterocycles. The van der Waals surface area contributed by atoms with Crippen molar-refractivity contribution < 1.29 is 0 Å². The van der Waals surface area contributed by atoms with Crippen LogP contribution in [0.2, 0.25) is 0 Å². The van der Waals surface area contributed by atoms with Crippen LogP contribution in [0.1, 0.15) is 37.6 Å². The van der Waals surface area contributed by atoms with E-state index in [1.165, 1.54) is 4.88 Å². The molecule has 1 heterocycles. The maximum absolute atomic E-state index is 4.26. The molecule has 1 N–H and O–H groups in total. The second kappa shape index (κ2) is 6.36. The normalized spacial score (nSPS) is 12.0. The number of thiazole rings is 1. The Morgan fingerprint density at radius 2 is 1.88 bits per heavy atom. The summed E-state index contributed by atoms with van der Waals surface area (Å²) in [6, 6.07) is 0. The van der Waals surface area contributed by atoms with Gasteiger partial charge in [0.15, 0.2) is 0 Å². The van der Waals surface area contributed by atoms with Crippen LogP contribution >= 0.6 is 11.3 Å². The van der Waals surface area contributed by atoms with Gasteiger partial charge in [0.25, 0.3) is 0 Å². The van der Waals surface area contributed by atoms with Crippen molar-refractivity contribution in [3.05, 3.63) is 16.1 Å². The van der Waals surface area contributed by atoms with E-state index in [1.807, 2.05) is 6.20 Å². The molecule has 0 spiro atoms. The van der Waals surface area contributed by atoms with Crippen molar-refractivity contribution in [1.82, 2.24) is 10.3 Å². The lowest BCUT2D eigenvalue weighted by Gasteiger charge is -2.25. The van der Waals surface area contributed by atoms with Gasteiger partial charge in [-0.05, 0) is 31.2 Å². The molecule has 0 amide bonds. The fourth-order valence-corrected chi connectivity index (χ4v) is 2.85. The number of nitrogens with one attached hydrogen (secondary N) is 1. The molecule has 2 nitrogen and oxygen atoms in total. The smallest absolute Gasteiger partial charge is 0.0897 e. The van der Waals surface area contributed by atoms with Crippen LogP contribution in [-0.2, 0) is 6.54 Å². The van der Waals surface area contributed by atoms with Crippen molar-refractivity contribution >= 4 is 11.3 Å². The molecule has 0 radical (unpaired) electrons. The van der Waals surface area contributed by atoms with E-state index in [0.29, 0.717) is 0 Å². The fourth-order valence-electron chi connectivity index (χ4n) is 2.09. The zero-order valence-corrected chi connectivity index (χ0v) is 11.9. The van der Waals surface area contributed by atoms with Gasteiger partial charge < -0.3 is 5.32 Å². The van der Waals surface area contributed by atoms with Gasteiger partial charge in [0.1, 0.15) is 0 Å². The monoisotopic (exact) mass is 240 g/mol. The van der Waals surface area contributed by atoms with Gasteiger partial charge in [-0.2, -0.15) is 0 Å². The molecular formula is C13H24N2S. The first-order valence-corrected chi connectivity index (χ1v) is 6.94. The Balaban J connectivity index is 2.33. The number of hydrogen-bond donors (Lipinski definition) is 1. The average molecular weight is 240 g/mol. The summed E-state index contributed by atoms with van der Waals surface area (Å²) in [4.78, 5) is 5.60. The Labute approximate surface area is 103 Å². The van der Waals surface area contributed by atoms with Gasteiger partial charge in [-0.1, -0.05) is 27.7 Å². The first-order chi connectivity index (χ1) is 7.50. The average Bonchev–Trinajstić information content (AvgIpc) is 2.57. The quantitative estimate of drug-likeness (QED) is 0.823. The highest BCUT2D eigenvalue weighted by atomic mass is 32.1. The Hall–Kier alpha value is -0.410. The van der Waals surface area contributed by atoms with Crippen molar-refractivity contribution in [3.8, 4) is 0 Å². The minimum Gasteiger partial charge on any atom is -0.312 e. The second-order valence-corrected chi connectivity index (χ2v) is 6.45. The first kappa shape index (κ1) is 13.7. The van der Waals surface area contributed by atoms with Crippen LogP contribution in [0.25, 0.3) is 0 Å². The van der Waals surface area contributed by atoms with Crippen molar-refractivity contribution in [2.24, 2.45) is 17.8 Å². The van der Waals surface area contributed by atoms with Gasteiger partial charge >= 0.3 is 0 Å². The van der Waals surface area contributed by atoms with Gasteiger partial charge in [0.05, 0.1) is 5.01 Å². The Morgan fingerprint density at radius 1 is 1.25 bits per heavy atom. The largest absolute Gasteiger partial charge is 0.312 e. The summed E-state index contributed by atoms with van der Waals surface area (Å²) in [6.45, 7) is 13.4. The standard InChI is InChI=1S/C13H24N2S/c1-9(2)13(10(3)4)8-14-6-12-7-15-11(5)16-12/h7,9-10,13-14H,6,8H2,1-5H3. The molecule has 0 fully saturated rings. The van der Waals surface area contributed by atoms with E-state index in [2.05, 4.69) is 44.9 Å². The Bertz CT molecular complexity index is 297. The highest BCUT2D eigenvalue weighted by Gasteiger charge is 2.16. The maximum Gasteiger partial charge on any atom is 0.0897 e. The van der Waals surface area contributed by atoms with E-state index >= 15 is 0 Å². The molecule has 0 saturated heterocycles.